The largest absolute Gasteiger partial charge is 0.336 e. The summed E-state index contributed by atoms with van der Waals surface area (Å²) >= 11 is 0. The predicted molar refractivity (Wildman–Crippen MR) is 118 cm³/mol. The monoisotopic (exact) mass is 436 g/mol. The van der Waals surface area contributed by atoms with Crippen LogP contribution < -0.4 is 5.73 Å². The van der Waals surface area contributed by atoms with Gasteiger partial charge in [0, 0.05) is 18.1 Å². The lowest BCUT2D eigenvalue weighted by molar-refractivity contribution is -0.163. The molecule has 0 aromatic heterocycles. The molecule has 6 bridgehead atoms. The summed E-state index contributed by atoms with van der Waals surface area (Å²) in [7, 11) is 0. The average Bonchev–Trinajstić information content (AvgIpc) is 3.36. The fourth-order valence-electron chi connectivity index (χ4n) is 9.75. The van der Waals surface area contributed by atoms with E-state index in [9.17, 15) is 14.9 Å². The van der Waals surface area contributed by atoms with Crippen LogP contribution in [0.15, 0.2) is 0 Å². The number of fused-ring (bicyclic) bond motifs is 3. The second kappa shape index (κ2) is 6.72. The zero-order valence-electron chi connectivity index (χ0n) is 19.0. The predicted octanol–water partition coefficient (Wildman–Crippen LogP) is 2.81. The first-order valence-corrected chi connectivity index (χ1v) is 13.3. The van der Waals surface area contributed by atoms with Gasteiger partial charge in [0.05, 0.1) is 17.5 Å². The SMILES string of the molecule is N#CC1CC2CC2N1C(=O)[C@@H](N)C1CC2CC[C@@H](C1)N2C(=O)C12CC3CC(CC(C3)C1)C2. The van der Waals surface area contributed by atoms with Crippen LogP contribution in [0.25, 0.3) is 0 Å². The fourth-order valence-corrected chi connectivity index (χ4v) is 9.75. The van der Waals surface area contributed by atoms with Crippen molar-refractivity contribution in [1.82, 2.24) is 9.80 Å². The van der Waals surface area contributed by atoms with Crippen molar-refractivity contribution in [2.45, 2.75) is 107 Å². The van der Waals surface area contributed by atoms with Crippen LogP contribution in [-0.4, -0.2) is 51.8 Å². The molecule has 8 aliphatic rings. The molecule has 8 rings (SSSR count). The van der Waals surface area contributed by atoms with Gasteiger partial charge < -0.3 is 15.5 Å². The molecule has 32 heavy (non-hydrogen) atoms. The summed E-state index contributed by atoms with van der Waals surface area (Å²) in [6.45, 7) is 0. The number of nitriles is 1. The van der Waals surface area contributed by atoms with Gasteiger partial charge in [-0.3, -0.25) is 9.59 Å². The van der Waals surface area contributed by atoms with Gasteiger partial charge in [0.15, 0.2) is 0 Å². The second-order valence-corrected chi connectivity index (χ2v) is 12.7. The van der Waals surface area contributed by atoms with Gasteiger partial charge in [-0.1, -0.05) is 0 Å². The van der Waals surface area contributed by atoms with Gasteiger partial charge in [-0.2, -0.15) is 5.26 Å². The maximum Gasteiger partial charge on any atom is 0.241 e. The first kappa shape index (κ1) is 19.8. The molecule has 5 aliphatic carbocycles. The third kappa shape index (κ3) is 2.73. The Morgan fingerprint density at radius 1 is 0.875 bits per heavy atom. The summed E-state index contributed by atoms with van der Waals surface area (Å²) in [6, 6.07) is 2.30. The molecule has 7 atom stereocenters. The molecular weight excluding hydrogens is 400 g/mol. The van der Waals surface area contributed by atoms with Crippen molar-refractivity contribution in [2.24, 2.45) is 40.7 Å². The molecule has 2 N–H and O–H groups in total. The molecule has 172 valence electrons. The Balaban J connectivity index is 1.07. The maximum absolute atomic E-state index is 14.0. The minimum atomic E-state index is -0.523. The Hall–Kier alpha value is -1.61. The van der Waals surface area contributed by atoms with E-state index < -0.39 is 6.04 Å². The molecule has 6 heteroatoms. The number of hydrogen-bond acceptors (Lipinski definition) is 4. The summed E-state index contributed by atoms with van der Waals surface area (Å²) in [5.41, 5.74) is 6.51. The summed E-state index contributed by atoms with van der Waals surface area (Å²) < 4.78 is 0. The van der Waals surface area contributed by atoms with E-state index in [1.165, 1.54) is 19.3 Å². The number of nitrogens with two attached hydrogens (primary N) is 1. The first-order chi connectivity index (χ1) is 15.5. The van der Waals surface area contributed by atoms with Gasteiger partial charge in [-0.05, 0) is 107 Å². The summed E-state index contributed by atoms with van der Waals surface area (Å²) in [5, 5.41) is 9.49. The molecule has 0 aromatic carbocycles. The molecule has 6 nitrogen and oxygen atoms in total. The van der Waals surface area contributed by atoms with E-state index in [-0.39, 0.29) is 41.4 Å². The molecule has 3 aliphatic heterocycles. The van der Waals surface area contributed by atoms with E-state index in [0.29, 0.717) is 11.8 Å². The third-order valence-electron chi connectivity index (χ3n) is 10.8. The average molecular weight is 437 g/mol. The number of likely N-dealkylation sites (tertiary alicyclic amines) is 1. The number of carbonyl (C=O) groups excluding carboxylic acids is 2. The van der Waals surface area contributed by atoms with Gasteiger partial charge in [-0.25, -0.2) is 0 Å². The zero-order valence-corrected chi connectivity index (χ0v) is 19.0. The van der Waals surface area contributed by atoms with E-state index in [0.717, 1.165) is 75.5 Å². The number of carbonyl (C=O) groups is 2. The molecule has 0 radical (unpaired) electrons. The third-order valence-corrected chi connectivity index (χ3v) is 10.8. The van der Waals surface area contributed by atoms with Crippen LogP contribution in [0.3, 0.4) is 0 Å². The van der Waals surface area contributed by atoms with Gasteiger partial charge in [0.1, 0.15) is 6.04 Å². The van der Waals surface area contributed by atoms with Crippen LogP contribution in [0, 0.1) is 46.3 Å². The molecule has 5 unspecified atom stereocenters. The second-order valence-electron chi connectivity index (χ2n) is 12.7. The Kier molecular flexibility index (Phi) is 4.16. The molecule has 5 saturated carbocycles. The Morgan fingerprint density at radius 3 is 2.03 bits per heavy atom. The zero-order chi connectivity index (χ0) is 21.8. The lowest BCUT2D eigenvalue weighted by Crippen LogP contribution is -2.60. The lowest BCUT2D eigenvalue weighted by atomic mass is 9.49. The van der Waals surface area contributed by atoms with Crippen LogP contribution >= 0.6 is 0 Å². The van der Waals surface area contributed by atoms with Gasteiger partial charge in [0.2, 0.25) is 11.8 Å². The minimum Gasteiger partial charge on any atom is -0.336 e. The minimum absolute atomic E-state index is 0.00758. The summed E-state index contributed by atoms with van der Waals surface area (Å²) in [6.07, 6.45) is 13.2. The van der Waals surface area contributed by atoms with E-state index in [4.69, 9.17) is 5.73 Å². The molecule has 8 fully saturated rings. The summed E-state index contributed by atoms with van der Waals surface area (Å²) in [5.74, 6) is 3.46. The van der Waals surface area contributed by atoms with Crippen LogP contribution in [0.5, 0.6) is 0 Å². The number of amides is 2. The van der Waals surface area contributed by atoms with Crippen molar-refractivity contribution in [3.8, 4) is 6.07 Å². The number of rotatable bonds is 3. The highest BCUT2D eigenvalue weighted by Crippen LogP contribution is 2.61. The molecule has 3 heterocycles. The molecule has 3 saturated heterocycles. The lowest BCUT2D eigenvalue weighted by Gasteiger charge is -2.57. The van der Waals surface area contributed by atoms with E-state index in [2.05, 4.69) is 11.0 Å². The Morgan fingerprint density at radius 2 is 1.47 bits per heavy atom. The normalized spacial score (nSPS) is 50.8. The van der Waals surface area contributed by atoms with Gasteiger partial charge in [-0.15, -0.1) is 0 Å². The smallest absolute Gasteiger partial charge is 0.241 e. The quantitative estimate of drug-likeness (QED) is 0.737. The van der Waals surface area contributed by atoms with Crippen molar-refractivity contribution >= 4 is 11.8 Å². The van der Waals surface area contributed by atoms with Crippen LogP contribution in [0.1, 0.15) is 77.0 Å². The Bertz CT molecular complexity index is 845. The molecular formula is C26H36N4O2. The molecule has 2 amide bonds. The standard InChI is InChI=1S/C26H36N4O2/c27-13-21-6-17-9-22(17)30(21)24(31)23(28)18-7-19-1-2-20(8-18)29(19)25(32)26-10-14-3-15(11-26)5-16(4-14)12-26/h14-23H,1-12,28H2/t14?,15?,16?,17?,18?,19-,20?,21?,22?,23-,26?/m0/s1. The van der Waals surface area contributed by atoms with Crippen molar-refractivity contribution < 1.29 is 9.59 Å². The fraction of sp³-hybridized carbons (Fsp3) is 0.885. The maximum atomic E-state index is 14.0. The number of piperidine rings is 2. The van der Waals surface area contributed by atoms with Crippen molar-refractivity contribution in [3.05, 3.63) is 0 Å². The van der Waals surface area contributed by atoms with Crippen LogP contribution in [0.4, 0.5) is 0 Å². The van der Waals surface area contributed by atoms with E-state index in [1.54, 1.807) is 0 Å². The number of hydrogen-bond donors (Lipinski definition) is 1. The highest BCUT2D eigenvalue weighted by atomic mass is 16.2. The van der Waals surface area contributed by atoms with Gasteiger partial charge in [0.25, 0.3) is 0 Å². The van der Waals surface area contributed by atoms with E-state index in [1.807, 2.05) is 4.90 Å². The van der Waals surface area contributed by atoms with Crippen LogP contribution in [-0.2, 0) is 9.59 Å². The highest BCUT2D eigenvalue weighted by Gasteiger charge is 2.59. The topological polar surface area (TPSA) is 90.4 Å². The molecule has 0 spiro atoms. The molecule has 0 aromatic rings. The highest BCUT2D eigenvalue weighted by molar-refractivity contribution is 5.85. The number of nitrogens with zero attached hydrogens (tertiary/aromatic N) is 3. The Labute approximate surface area is 190 Å². The van der Waals surface area contributed by atoms with Crippen molar-refractivity contribution in [1.29, 1.82) is 5.26 Å². The summed E-state index contributed by atoms with van der Waals surface area (Å²) in [4.78, 5) is 31.5. The van der Waals surface area contributed by atoms with E-state index >= 15 is 0 Å². The van der Waals surface area contributed by atoms with Crippen molar-refractivity contribution in [3.63, 3.8) is 0 Å². The first-order valence-electron chi connectivity index (χ1n) is 13.3. The van der Waals surface area contributed by atoms with Crippen LogP contribution in [0.2, 0.25) is 0 Å². The van der Waals surface area contributed by atoms with Gasteiger partial charge >= 0.3 is 0 Å². The van der Waals surface area contributed by atoms with Crippen molar-refractivity contribution in [2.75, 3.05) is 0 Å².